The maximum atomic E-state index is 8.57. The summed E-state index contributed by atoms with van der Waals surface area (Å²) in [6, 6.07) is 9.38. The number of benzene rings is 1. The lowest BCUT2D eigenvalue weighted by Crippen LogP contribution is -2.00. The molecule has 1 heterocycles. The van der Waals surface area contributed by atoms with Gasteiger partial charge in [-0.3, -0.25) is 0 Å². The summed E-state index contributed by atoms with van der Waals surface area (Å²) in [7, 11) is 0. The van der Waals surface area contributed by atoms with Crippen molar-refractivity contribution in [3.63, 3.8) is 0 Å². The maximum Gasteiger partial charge on any atom is 0.262 e. The van der Waals surface area contributed by atoms with Crippen molar-refractivity contribution in [1.29, 1.82) is 0 Å². The third-order valence-electron chi connectivity index (χ3n) is 1.71. The highest BCUT2D eigenvalue weighted by atomic mass is 16.5. The summed E-state index contributed by atoms with van der Waals surface area (Å²) >= 11 is 0. The molecule has 0 amide bonds. The zero-order chi connectivity index (χ0) is 8.39. The van der Waals surface area contributed by atoms with Gasteiger partial charge >= 0.3 is 0 Å². The fourth-order valence-electron chi connectivity index (χ4n) is 1.15. The minimum atomic E-state index is 0.244. The number of hydrogen-bond donors (Lipinski definition) is 1. The van der Waals surface area contributed by atoms with Crippen LogP contribution >= 0.6 is 0 Å². The van der Waals surface area contributed by atoms with Crippen LogP contribution in [-0.2, 0) is 0 Å². The summed E-state index contributed by atoms with van der Waals surface area (Å²) in [5.74, 6) is 0. The molecule has 3 heteroatoms. The van der Waals surface area contributed by atoms with Crippen LogP contribution in [0.25, 0.3) is 10.8 Å². The Morgan fingerprint density at radius 3 is 2.83 bits per heavy atom. The average Bonchev–Trinajstić information content (AvgIpc) is 2.17. The fraction of sp³-hybridized carbons (Fsp3) is 0. The summed E-state index contributed by atoms with van der Waals surface area (Å²) in [4.78, 5) is 0. The molecule has 0 aliphatic carbocycles. The van der Waals surface area contributed by atoms with Gasteiger partial charge < -0.3 is 9.62 Å². The van der Waals surface area contributed by atoms with Crippen molar-refractivity contribution < 1.29 is 9.62 Å². The molecule has 1 aromatic heterocycles. The van der Waals surface area contributed by atoms with Gasteiger partial charge in [0.25, 0.3) is 5.55 Å². The Morgan fingerprint density at radius 2 is 2.00 bits per heavy atom. The lowest BCUT2D eigenvalue weighted by molar-refractivity contribution is 0.275. The summed E-state index contributed by atoms with van der Waals surface area (Å²) < 4.78 is 4.97. The topological polar surface area (TPSA) is 45.7 Å². The lowest BCUT2D eigenvalue weighted by Gasteiger charge is -1.93. The van der Waals surface area contributed by atoms with Gasteiger partial charge in [-0.25, -0.2) is 0 Å². The second-order valence-corrected chi connectivity index (χ2v) is 2.41. The van der Waals surface area contributed by atoms with E-state index in [4.69, 9.17) is 9.62 Å². The Hall–Kier alpha value is -1.77. The molecule has 0 radical (unpaired) electrons. The number of nitrogens with zero attached hydrogens (tertiary/aromatic N) is 1. The largest absolute Gasteiger partial charge is 0.444 e. The quantitative estimate of drug-likeness (QED) is 0.472. The van der Waals surface area contributed by atoms with E-state index in [1.54, 1.807) is 0 Å². The average molecular weight is 161 g/mol. The van der Waals surface area contributed by atoms with Crippen LogP contribution in [0.4, 0.5) is 0 Å². The van der Waals surface area contributed by atoms with Crippen molar-refractivity contribution in [3.8, 4) is 0 Å². The minimum Gasteiger partial charge on any atom is -0.444 e. The van der Waals surface area contributed by atoms with E-state index in [0.29, 0.717) is 0 Å². The van der Waals surface area contributed by atoms with E-state index in [1.165, 1.54) is 6.26 Å². The SMILES string of the molecule is O/N=c1/occc2ccccc12. The van der Waals surface area contributed by atoms with E-state index >= 15 is 0 Å². The summed E-state index contributed by atoms with van der Waals surface area (Å²) in [6.45, 7) is 0. The maximum absolute atomic E-state index is 8.57. The van der Waals surface area contributed by atoms with Gasteiger partial charge in [-0.05, 0) is 22.7 Å². The van der Waals surface area contributed by atoms with Gasteiger partial charge in [0, 0.05) is 5.39 Å². The number of fused-ring (bicyclic) bond motifs is 1. The fourth-order valence-corrected chi connectivity index (χ4v) is 1.15. The molecule has 2 rings (SSSR count). The molecule has 0 spiro atoms. The van der Waals surface area contributed by atoms with Gasteiger partial charge in [-0.15, -0.1) is 0 Å². The Balaban J connectivity index is 2.99. The molecule has 0 bridgehead atoms. The van der Waals surface area contributed by atoms with Crippen molar-refractivity contribution in [1.82, 2.24) is 0 Å². The Labute approximate surface area is 68.6 Å². The van der Waals surface area contributed by atoms with Crippen LogP contribution in [0.15, 0.2) is 46.2 Å². The van der Waals surface area contributed by atoms with Crippen molar-refractivity contribution in [2.24, 2.45) is 5.16 Å². The molecule has 0 saturated heterocycles. The molecule has 0 fully saturated rings. The summed E-state index contributed by atoms with van der Waals surface area (Å²) in [6.07, 6.45) is 1.50. The zero-order valence-corrected chi connectivity index (χ0v) is 6.27. The van der Waals surface area contributed by atoms with Gasteiger partial charge in [-0.2, -0.15) is 0 Å². The predicted molar refractivity (Wildman–Crippen MR) is 43.6 cm³/mol. The van der Waals surface area contributed by atoms with Crippen LogP contribution in [0.1, 0.15) is 0 Å². The van der Waals surface area contributed by atoms with Crippen LogP contribution in [0.5, 0.6) is 0 Å². The van der Waals surface area contributed by atoms with Gasteiger partial charge in [-0.1, -0.05) is 18.2 Å². The summed E-state index contributed by atoms with van der Waals surface area (Å²) in [5, 5.41) is 13.4. The second-order valence-electron chi connectivity index (χ2n) is 2.41. The Bertz CT molecular complexity index is 454. The Morgan fingerprint density at radius 1 is 1.17 bits per heavy atom. The molecule has 0 atom stereocenters. The highest BCUT2D eigenvalue weighted by molar-refractivity contribution is 5.80. The van der Waals surface area contributed by atoms with Crippen molar-refractivity contribution >= 4 is 10.8 Å². The van der Waals surface area contributed by atoms with Crippen LogP contribution in [0, 0.1) is 0 Å². The number of rotatable bonds is 0. The molecule has 12 heavy (non-hydrogen) atoms. The van der Waals surface area contributed by atoms with Gasteiger partial charge in [0.2, 0.25) is 0 Å². The Kier molecular flexibility index (Phi) is 1.55. The monoisotopic (exact) mass is 161 g/mol. The molecular formula is C9H7NO2. The normalized spacial score (nSPS) is 12.2. The number of hydrogen-bond acceptors (Lipinski definition) is 3. The van der Waals surface area contributed by atoms with Gasteiger partial charge in [0.05, 0.1) is 6.26 Å². The first-order valence-electron chi connectivity index (χ1n) is 3.56. The van der Waals surface area contributed by atoms with E-state index in [9.17, 15) is 0 Å². The van der Waals surface area contributed by atoms with Gasteiger partial charge in [0.15, 0.2) is 0 Å². The van der Waals surface area contributed by atoms with Crippen LogP contribution < -0.4 is 5.55 Å². The molecule has 0 unspecified atom stereocenters. The molecule has 0 aliphatic heterocycles. The molecule has 1 aromatic carbocycles. The third kappa shape index (κ3) is 0.955. The first-order valence-corrected chi connectivity index (χ1v) is 3.56. The molecule has 60 valence electrons. The van der Waals surface area contributed by atoms with E-state index in [2.05, 4.69) is 5.16 Å². The van der Waals surface area contributed by atoms with E-state index in [0.717, 1.165) is 10.8 Å². The molecular weight excluding hydrogens is 154 g/mol. The van der Waals surface area contributed by atoms with Crippen molar-refractivity contribution in [3.05, 3.63) is 42.1 Å². The van der Waals surface area contributed by atoms with Crippen LogP contribution in [0.2, 0.25) is 0 Å². The summed E-state index contributed by atoms with van der Waals surface area (Å²) in [5.41, 5.74) is 0.244. The highest BCUT2D eigenvalue weighted by Gasteiger charge is 1.94. The van der Waals surface area contributed by atoms with Crippen molar-refractivity contribution in [2.45, 2.75) is 0 Å². The molecule has 0 aliphatic rings. The lowest BCUT2D eigenvalue weighted by atomic mass is 10.2. The van der Waals surface area contributed by atoms with Crippen LogP contribution in [-0.4, -0.2) is 5.21 Å². The van der Waals surface area contributed by atoms with E-state index in [1.807, 2.05) is 30.3 Å². The first kappa shape index (κ1) is 6.91. The minimum absolute atomic E-state index is 0.244. The van der Waals surface area contributed by atoms with Crippen LogP contribution in [0.3, 0.4) is 0 Å². The smallest absolute Gasteiger partial charge is 0.262 e. The van der Waals surface area contributed by atoms with E-state index in [-0.39, 0.29) is 5.55 Å². The highest BCUT2D eigenvalue weighted by Crippen LogP contribution is 2.07. The van der Waals surface area contributed by atoms with Gasteiger partial charge in [0.1, 0.15) is 0 Å². The molecule has 3 nitrogen and oxygen atoms in total. The zero-order valence-electron chi connectivity index (χ0n) is 6.27. The molecule has 1 N–H and O–H groups in total. The third-order valence-corrected chi connectivity index (χ3v) is 1.71. The molecule has 0 saturated carbocycles. The standard InChI is InChI=1S/C9H7NO2/c11-10-9-8-4-2-1-3-7(8)5-6-12-9/h1-6,11H/b10-9+. The predicted octanol–water partition coefficient (Wildman–Crippen LogP) is 1.72. The first-order chi connectivity index (χ1) is 5.92. The van der Waals surface area contributed by atoms with E-state index < -0.39 is 0 Å². The second kappa shape index (κ2) is 2.70. The molecule has 2 aromatic rings. The van der Waals surface area contributed by atoms with Crippen molar-refractivity contribution in [2.75, 3.05) is 0 Å².